The van der Waals surface area contributed by atoms with E-state index in [0.29, 0.717) is 43.9 Å². The lowest BCUT2D eigenvalue weighted by Gasteiger charge is -2.36. The molecule has 0 aliphatic carbocycles. The summed E-state index contributed by atoms with van der Waals surface area (Å²) in [4.78, 5) is 40.8. The van der Waals surface area contributed by atoms with Crippen LogP contribution in [-0.2, 0) is 20.7 Å². The summed E-state index contributed by atoms with van der Waals surface area (Å²) in [6.45, 7) is 1.73. The Labute approximate surface area is 193 Å². The number of ether oxygens (including phenoxy) is 2. The molecule has 1 saturated heterocycles. The van der Waals surface area contributed by atoms with Crippen LogP contribution in [-0.4, -0.2) is 72.8 Å². The van der Waals surface area contributed by atoms with E-state index in [1.807, 2.05) is 17.0 Å². The number of carbonyl (C=O) groups excluding carboxylic acids is 3. The number of benzene rings is 2. The first-order valence-electron chi connectivity index (χ1n) is 10.6. The van der Waals surface area contributed by atoms with E-state index in [9.17, 15) is 27.6 Å². The van der Waals surface area contributed by atoms with Crippen molar-refractivity contribution in [3.63, 3.8) is 0 Å². The van der Waals surface area contributed by atoms with Gasteiger partial charge in [0.05, 0.1) is 12.1 Å². The number of nitrogens with zero attached hydrogens (tertiary/aromatic N) is 2. The van der Waals surface area contributed by atoms with Crippen LogP contribution >= 0.6 is 0 Å². The molecule has 4 rings (SSSR count). The lowest BCUT2D eigenvalue weighted by atomic mass is 9.98. The number of piperazine rings is 1. The Balaban J connectivity index is 1.24. The van der Waals surface area contributed by atoms with Crippen LogP contribution < -0.4 is 10.1 Å². The van der Waals surface area contributed by atoms with Gasteiger partial charge in [-0.25, -0.2) is 4.79 Å². The molecule has 2 aromatic rings. The summed E-state index contributed by atoms with van der Waals surface area (Å²) in [6, 6.07) is 11.9. The highest BCUT2D eigenvalue weighted by Gasteiger charge is 2.35. The molecule has 0 unspecified atom stereocenters. The van der Waals surface area contributed by atoms with E-state index in [2.05, 4.69) is 10.1 Å². The molecule has 1 atom stereocenters. The summed E-state index contributed by atoms with van der Waals surface area (Å²) in [5.74, 6) is -1.47. The van der Waals surface area contributed by atoms with E-state index in [-0.39, 0.29) is 24.1 Å². The number of amides is 2. The molecule has 2 aliphatic rings. The number of nitrogens with one attached hydrogen (secondary N) is 1. The van der Waals surface area contributed by atoms with Crippen molar-refractivity contribution in [1.82, 2.24) is 9.80 Å². The maximum Gasteiger partial charge on any atom is 0.573 e. The van der Waals surface area contributed by atoms with Crippen LogP contribution in [0.25, 0.3) is 0 Å². The number of carbonyl (C=O) groups is 3. The van der Waals surface area contributed by atoms with Gasteiger partial charge in [-0.2, -0.15) is 0 Å². The molecular weight excluding hydrogens is 455 g/mol. The van der Waals surface area contributed by atoms with Crippen LogP contribution in [0.3, 0.4) is 0 Å². The van der Waals surface area contributed by atoms with E-state index in [4.69, 9.17) is 4.74 Å². The van der Waals surface area contributed by atoms with Gasteiger partial charge < -0.3 is 19.7 Å². The van der Waals surface area contributed by atoms with Crippen molar-refractivity contribution in [1.29, 1.82) is 0 Å². The molecule has 2 aliphatic heterocycles. The number of anilines is 1. The predicted molar refractivity (Wildman–Crippen MR) is 114 cm³/mol. The molecule has 2 aromatic carbocycles. The fourth-order valence-electron chi connectivity index (χ4n) is 3.94. The fourth-order valence-corrected chi connectivity index (χ4v) is 3.94. The van der Waals surface area contributed by atoms with E-state index >= 15 is 0 Å². The number of cyclic esters (lactones) is 1. The normalized spacial score (nSPS) is 18.6. The molecule has 1 N–H and O–H groups in total. The topological polar surface area (TPSA) is 88.2 Å². The molecule has 2 heterocycles. The molecule has 2 amide bonds. The van der Waals surface area contributed by atoms with Crippen molar-refractivity contribution < 1.29 is 37.0 Å². The zero-order valence-corrected chi connectivity index (χ0v) is 18.0. The molecule has 11 heteroatoms. The summed E-state index contributed by atoms with van der Waals surface area (Å²) < 4.78 is 45.8. The minimum Gasteiger partial charge on any atom is -0.448 e. The third kappa shape index (κ3) is 5.84. The van der Waals surface area contributed by atoms with Crippen LogP contribution in [0.2, 0.25) is 0 Å². The monoisotopic (exact) mass is 477 g/mol. The minimum atomic E-state index is -4.78. The van der Waals surface area contributed by atoms with Gasteiger partial charge in [0.1, 0.15) is 5.75 Å². The number of halogens is 3. The van der Waals surface area contributed by atoms with Gasteiger partial charge in [-0.3, -0.25) is 14.5 Å². The maximum absolute atomic E-state index is 12.9. The second-order valence-corrected chi connectivity index (χ2v) is 7.98. The van der Waals surface area contributed by atoms with Gasteiger partial charge in [0.25, 0.3) is 5.91 Å². The van der Waals surface area contributed by atoms with Crippen LogP contribution in [0.1, 0.15) is 15.9 Å². The first-order valence-corrected chi connectivity index (χ1v) is 10.6. The molecule has 1 fully saturated rings. The zero-order valence-electron chi connectivity index (χ0n) is 18.0. The van der Waals surface area contributed by atoms with Gasteiger partial charge >= 0.3 is 12.3 Å². The van der Waals surface area contributed by atoms with Gasteiger partial charge in [0, 0.05) is 38.3 Å². The number of hydrogen-bond donors (Lipinski definition) is 1. The summed E-state index contributed by atoms with van der Waals surface area (Å²) in [5.41, 5.74) is 1.60. The average molecular weight is 477 g/mol. The molecule has 34 heavy (non-hydrogen) atoms. The first kappa shape index (κ1) is 23.6. The number of esters is 1. The SMILES string of the molecule is O=C(CN1CCN(C(=O)[C@H]2Cc3ccccc3C(=O)O2)CC1)Nc1ccc(OC(F)(F)F)cc1. The van der Waals surface area contributed by atoms with E-state index in [1.165, 1.54) is 12.1 Å². The second-order valence-electron chi connectivity index (χ2n) is 7.98. The van der Waals surface area contributed by atoms with Crippen molar-refractivity contribution in [2.75, 3.05) is 38.0 Å². The molecule has 0 bridgehead atoms. The summed E-state index contributed by atoms with van der Waals surface area (Å²) in [7, 11) is 0. The predicted octanol–water partition coefficient (Wildman–Crippen LogP) is 2.45. The van der Waals surface area contributed by atoms with Gasteiger partial charge in [-0.15, -0.1) is 13.2 Å². The number of fused-ring (bicyclic) bond motifs is 1. The molecule has 0 saturated carbocycles. The fraction of sp³-hybridized carbons (Fsp3) is 0.348. The highest BCUT2D eigenvalue weighted by atomic mass is 19.4. The lowest BCUT2D eigenvalue weighted by Crippen LogP contribution is -2.54. The van der Waals surface area contributed by atoms with E-state index < -0.39 is 18.4 Å². The summed E-state index contributed by atoms with van der Waals surface area (Å²) >= 11 is 0. The molecule has 0 radical (unpaired) electrons. The Morgan fingerprint density at radius 2 is 1.71 bits per heavy atom. The minimum absolute atomic E-state index is 0.0641. The third-order valence-corrected chi connectivity index (χ3v) is 5.59. The Bertz CT molecular complexity index is 1070. The standard InChI is InChI=1S/C23H22F3N3O5/c24-23(25,26)34-17-7-5-16(6-8-17)27-20(30)14-28-9-11-29(12-10-28)21(31)19-13-15-3-1-2-4-18(15)22(32)33-19/h1-8,19H,9-14H2,(H,27,30)/t19-/m1/s1. The first-order chi connectivity index (χ1) is 16.2. The number of alkyl halides is 3. The van der Waals surface area contributed by atoms with Crippen molar-refractivity contribution >= 4 is 23.5 Å². The van der Waals surface area contributed by atoms with Gasteiger partial charge in [0.15, 0.2) is 6.10 Å². The molecule has 0 spiro atoms. The Hall–Kier alpha value is -3.60. The van der Waals surface area contributed by atoms with E-state index in [0.717, 1.165) is 17.7 Å². The van der Waals surface area contributed by atoms with Gasteiger partial charge in [-0.05, 0) is 35.9 Å². The molecule has 0 aromatic heterocycles. The lowest BCUT2D eigenvalue weighted by molar-refractivity contribution is -0.274. The van der Waals surface area contributed by atoms with Crippen LogP contribution in [0, 0.1) is 0 Å². The Morgan fingerprint density at radius 1 is 1.03 bits per heavy atom. The van der Waals surface area contributed by atoms with Gasteiger partial charge in [0.2, 0.25) is 5.91 Å². The molecule has 8 nitrogen and oxygen atoms in total. The van der Waals surface area contributed by atoms with Gasteiger partial charge in [-0.1, -0.05) is 18.2 Å². The average Bonchev–Trinajstić information content (AvgIpc) is 2.79. The van der Waals surface area contributed by atoms with Crippen molar-refractivity contribution in [3.05, 3.63) is 59.7 Å². The van der Waals surface area contributed by atoms with Crippen LogP contribution in [0.4, 0.5) is 18.9 Å². The highest BCUT2D eigenvalue weighted by Crippen LogP contribution is 2.24. The molecular formula is C23H22F3N3O5. The Kier molecular flexibility index (Phi) is 6.73. The number of hydrogen-bond acceptors (Lipinski definition) is 6. The summed E-state index contributed by atoms with van der Waals surface area (Å²) in [5, 5.41) is 2.62. The van der Waals surface area contributed by atoms with Crippen molar-refractivity contribution in [3.8, 4) is 5.75 Å². The van der Waals surface area contributed by atoms with Crippen molar-refractivity contribution in [2.45, 2.75) is 18.9 Å². The maximum atomic E-state index is 12.9. The zero-order chi connectivity index (χ0) is 24.3. The number of rotatable bonds is 5. The smallest absolute Gasteiger partial charge is 0.448 e. The highest BCUT2D eigenvalue weighted by molar-refractivity contribution is 5.96. The third-order valence-electron chi connectivity index (χ3n) is 5.59. The Morgan fingerprint density at radius 3 is 2.38 bits per heavy atom. The van der Waals surface area contributed by atoms with E-state index in [1.54, 1.807) is 17.0 Å². The van der Waals surface area contributed by atoms with Crippen LogP contribution in [0.5, 0.6) is 5.75 Å². The molecule has 180 valence electrons. The summed E-state index contributed by atoms with van der Waals surface area (Å²) in [6.07, 6.45) is -5.31. The largest absolute Gasteiger partial charge is 0.573 e. The van der Waals surface area contributed by atoms with Crippen LogP contribution in [0.15, 0.2) is 48.5 Å². The second kappa shape index (κ2) is 9.72. The quantitative estimate of drug-likeness (QED) is 0.666. The van der Waals surface area contributed by atoms with Crippen molar-refractivity contribution in [2.24, 2.45) is 0 Å².